The van der Waals surface area contributed by atoms with Gasteiger partial charge in [0.2, 0.25) is 5.91 Å². The average Bonchev–Trinajstić information content (AvgIpc) is 2.21. The summed E-state index contributed by atoms with van der Waals surface area (Å²) in [5.74, 6) is 0.0831. The van der Waals surface area contributed by atoms with Crippen LogP contribution in [0, 0.1) is 0 Å². The number of hydrogen-bond acceptors (Lipinski definition) is 3. The number of rotatable bonds is 3. The molecule has 74 valence electrons. The molecular weight excluding hydrogens is 180 g/mol. The Hall–Kier alpha value is -1.84. The van der Waals surface area contributed by atoms with Gasteiger partial charge in [0.1, 0.15) is 5.75 Å². The van der Waals surface area contributed by atoms with E-state index in [0.29, 0.717) is 6.42 Å². The summed E-state index contributed by atoms with van der Waals surface area (Å²) in [6.45, 7) is 1.76. The van der Waals surface area contributed by atoms with Crippen molar-refractivity contribution in [2.75, 3.05) is 0 Å². The van der Waals surface area contributed by atoms with Crippen molar-refractivity contribution in [3.63, 3.8) is 0 Å². The highest BCUT2D eigenvalue weighted by Crippen LogP contribution is 2.07. The van der Waals surface area contributed by atoms with Crippen molar-refractivity contribution in [1.82, 2.24) is 5.43 Å². The fraction of sp³-hybridized carbons (Fsp3) is 0.200. The number of phenols is 1. The normalized spacial score (nSPS) is 10.4. The summed E-state index contributed by atoms with van der Waals surface area (Å²) in [6, 6.07) is 6.53. The maximum atomic E-state index is 10.8. The fourth-order valence-corrected chi connectivity index (χ4v) is 0.818. The third-order valence-electron chi connectivity index (χ3n) is 1.62. The predicted octanol–water partition coefficient (Wildman–Crippen LogP) is 1.25. The van der Waals surface area contributed by atoms with Crippen LogP contribution in [0.1, 0.15) is 18.9 Å². The Morgan fingerprint density at radius 3 is 2.71 bits per heavy atom. The molecule has 1 rings (SSSR count). The molecule has 14 heavy (non-hydrogen) atoms. The molecule has 4 nitrogen and oxygen atoms in total. The van der Waals surface area contributed by atoms with E-state index in [4.69, 9.17) is 5.11 Å². The van der Waals surface area contributed by atoms with Crippen LogP contribution >= 0.6 is 0 Å². The molecule has 0 aliphatic heterocycles. The van der Waals surface area contributed by atoms with Crippen LogP contribution in [-0.2, 0) is 4.79 Å². The third kappa shape index (κ3) is 3.26. The molecule has 1 amide bonds. The molecule has 0 aromatic heterocycles. The highest BCUT2D eigenvalue weighted by molar-refractivity contribution is 5.82. The van der Waals surface area contributed by atoms with Crippen molar-refractivity contribution in [3.8, 4) is 5.75 Å². The minimum Gasteiger partial charge on any atom is -0.508 e. The van der Waals surface area contributed by atoms with Gasteiger partial charge in [-0.05, 0) is 29.8 Å². The van der Waals surface area contributed by atoms with Gasteiger partial charge in [-0.3, -0.25) is 4.79 Å². The number of phenolic OH excluding ortho intramolecular Hbond substituents is 1. The summed E-state index contributed by atoms with van der Waals surface area (Å²) in [4.78, 5) is 10.8. The molecule has 0 aliphatic carbocycles. The Morgan fingerprint density at radius 1 is 1.50 bits per heavy atom. The molecule has 0 spiro atoms. The lowest BCUT2D eigenvalue weighted by atomic mass is 10.2. The topological polar surface area (TPSA) is 61.7 Å². The summed E-state index contributed by atoms with van der Waals surface area (Å²) in [5, 5.41) is 12.7. The Kier molecular flexibility index (Phi) is 3.67. The van der Waals surface area contributed by atoms with Crippen molar-refractivity contribution < 1.29 is 9.90 Å². The largest absolute Gasteiger partial charge is 0.508 e. The van der Waals surface area contributed by atoms with Gasteiger partial charge >= 0.3 is 0 Å². The van der Waals surface area contributed by atoms with Crippen molar-refractivity contribution in [2.24, 2.45) is 5.10 Å². The predicted molar refractivity (Wildman–Crippen MR) is 54.1 cm³/mol. The lowest BCUT2D eigenvalue weighted by molar-refractivity contribution is -0.120. The van der Waals surface area contributed by atoms with Crippen LogP contribution < -0.4 is 5.43 Å². The smallest absolute Gasteiger partial charge is 0.239 e. The number of carbonyl (C=O) groups is 1. The summed E-state index contributed by atoms with van der Waals surface area (Å²) >= 11 is 0. The van der Waals surface area contributed by atoms with Gasteiger partial charge in [-0.25, -0.2) is 5.43 Å². The second-order valence-corrected chi connectivity index (χ2v) is 2.74. The number of amides is 1. The Balaban J connectivity index is 2.52. The molecular formula is C10H12N2O2. The lowest BCUT2D eigenvalue weighted by Crippen LogP contribution is -2.15. The minimum absolute atomic E-state index is 0.125. The molecule has 0 aliphatic rings. The Labute approximate surface area is 82.3 Å². The average molecular weight is 192 g/mol. The molecule has 0 saturated heterocycles. The summed E-state index contributed by atoms with van der Waals surface area (Å²) in [6.07, 6.45) is 1.93. The highest BCUT2D eigenvalue weighted by Gasteiger charge is 1.92. The molecule has 0 unspecified atom stereocenters. The number of benzene rings is 1. The first-order valence-electron chi connectivity index (χ1n) is 4.33. The van der Waals surface area contributed by atoms with E-state index in [0.717, 1.165) is 5.56 Å². The van der Waals surface area contributed by atoms with E-state index in [1.54, 1.807) is 31.2 Å². The number of carbonyl (C=O) groups excluding carboxylic acids is 1. The first kappa shape index (κ1) is 10.2. The van der Waals surface area contributed by atoms with Crippen molar-refractivity contribution >= 4 is 12.1 Å². The molecule has 0 heterocycles. The van der Waals surface area contributed by atoms with Crippen LogP contribution in [0.5, 0.6) is 5.75 Å². The van der Waals surface area contributed by atoms with E-state index in [9.17, 15) is 4.79 Å². The number of hydrogen-bond donors (Lipinski definition) is 2. The van der Waals surface area contributed by atoms with Crippen LogP contribution in [0.2, 0.25) is 0 Å². The number of hydrazone groups is 1. The standard InChI is InChI=1S/C10H12N2O2/c1-2-10(14)12-11-7-8-3-5-9(13)6-4-8/h3-7,13H,2H2,1H3,(H,12,14). The van der Waals surface area contributed by atoms with Crippen LogP contribution in [0.4, 0.5) is 0 Å². The van der Waals surface area contributed by atoms with E-state index in [1.807, 2.05) is 0 Å². The highest BCUT2D eigenvalue weighted by atomic mass is 16.3. The zero-order chi connectivity index (χ0) is 10.4. The van der Waals surface area contributed by atoms with E-state index in [-0.39, 0.29) is 11.7 Å². The zero-order valence-electron chi connectivity index (χ0n) is 7.90. The first-order valence-corrected chi connectivity index (χ1v) is 4.33. The van der Waals surface area contributed by atoms with Crippen LogP contribution in [-0.4, -0.2) is 17.2 Å². The molecule has 4 heteroatoms. The Bertz CT molecular complexity index is 330. The monoisotopic (exact) mass is 192 g/mol. The molecule has 2 N–H and O–H groups in total. The van der Waals surface area contributed by atoms with Gasteiger partial charge in [0, 0.05) is 6.42 Å². The van der Waals surface area contributed by atoms with Gasteiger partial charge in [-0.1, -0.05) is 6.92 Å². The van der Waals surface area contributed by atoms with Crippen molar-refractivity contribution in [3.05, 3.63) is 29.8 Å². The van der Waals surface area contributed by atoms with Gasteiger partial charge in [-0.2, -0.15) is 5.10 Å². The number of nitrogens with one attached hydrogen (secondary N) is 1. The van der Waals surface area contributed by atoms with Gasteiger partial charge in [0.05, 0.1) is 6.21 Å². The van der Waals surface area contributed by atoms with Crippen molar-refractivity contribution in [1.29, 1.82) is 0 Å². The van der Waals surface area contributed by atoms with Gasteiger partial charge in [0.15, 0.2) is 0 Å². The first-order chi connectivity index (χ1) is 6.72. The van der Waals surface area contributed by atoms with Crippen LogP contribution in [0.15, 0.2) is 29.4 Å². The molecule has 0 radical (unpaired) electrons. The summed E-state index contributed by atoms with van der Waals surface area (Å²) in [5.41, 5.74) is 3.18. The van der Waals surface area contributed by atoms with Gasteiger partial charge in [-0.15, -0.1) is 0 Å². The van der Waals surface area contributed by atoms with E-state index in [2.05, 4.69) is 10.5 Å². The van der Waals surface area contributed by atoms with Crippen LogP contribution in [0.3, 0.4) is 0 Å². The molecule has 1 aromatic carbocycles. The number of nitrogens with zero attached hydrogens (tertiary/aromatic N) is 1. The van der Waals surface area contributed by atoms with E-state index in [1.165, 1.54) is 6.21 Å². The second-order valence-electron chi connectivity index (χ2n) is 2.74. The molecule has 0 saturated carbocycles. The van der Waals surface area contributed by atoms with E-state index < -0.39 is 0 Å². The third-order valence-corrected chi connectivity index (χ3v) is 1.62. The summed E-state index contributed by atoms with van der Waals surface area (Å²) in [7, 11) is 0. The maximum Gasteiger partial charge on any atom is 0.239 e. The van der Waals surface area contributed by atoms with Gasteiger partial charge in [0.25, 0.3) is 0 Å². The molecule has 1 aromatic rings. The lowest BCUT2D eigenvalue weighted by Gasteiger charge is -1.95. The SMILES string of the molecule is CCC(=O)NN=Cc1ccc(O)cc1. The minimum atomic E-state index is -0.125. The number of aromatic hydroxyl groups is 1. The quantitative estimate of drug-likeness (QED) is 0.559. The van der Waals surface area contributed by atoms with Crippen molar-refractivity contribution in [2.45, 2.75) is 13.3 Å². The summed E-state index contributed by atoms with van der Waals surface area (Å²) < 4.78 is 0. The van der Waals surface area contributed by atoms with Crippen LogP contribution in [0.25, 0.3) is 0 Å². The molecule has 0 fully saturated rings. The van der Waals surface area contributed by atoms with Gasteiger partial charge < -0.3 is 5.11 Å². The molecule has 0 bridgehead atoms. The fourth-order valence-electron chi connectivity index (χ4n) is 0.818. The Morgan fingerprint density at radius 2 is 2.14 bits per heavy atom. The second kappa shape index (κ2) is 5.01. The zero-order valence-corrected chi connectivity index (χ0v) is 7.90. The molecule has 0 atom stereocenters. The maximum absolute atomic E-state index is 10.8. The van der Waals surface area contributed by atoms with E-state index >= 15 is 0 Å².